The summed E-state index contributed by atoms with van der Waals surface area (Å²) in [6.07, 6.45) is 4.78. The highest BCUT2D eigenvalue weighted by molar-refractivity contribution is 6.38. The second-order valence-electron chi connectivity index (χ2n) is 4.80. The van der Waals surface area contributed by atoms with E-state index in [0.29, 0.717) is 15.7 Å². The zero-order valence-electron chi connectivity index (χ0n) is 12.1. The van der Waals surface area contributed by atoms with E-state index in [1.807, 2.05) is 36.4 Å². The summed E-state index contributed by atoms with van der Waals surface area (Å²) in [7, 11) is 0. The number of aromatic nitrogens is 1. The van der Waals surface area contributed by atoms with E-state index in [0.717, 1.165) is 16.7 Å². The highest BCUT2D eigenvalue weighted by Gasteiger charge is 2.05. The molecule has 0 amide bonds. The molecule has 5 heteroatoms. The molecular formula is C18H13Cl2N3. The number of benzene rings is 2. The molecule has 0 bridgehead atoms. The molecule has 1 heterocycles. The molecule has 2 aromatic carbocycles. The maximum Gasteiger partial charge on any atom is 0.0965 e. The van der Waals surface area contributed by atoms with Crippen LogP contribution in [0.5, 0.6) is 0 Å². The number of nitrogens with zero attached hydrogens (tertiary/aromatic N) is 2. The number of nitrogens with one attached hydrogen (secondary N) is 1. The fraction of sp³-hybridized carbons (Fsp3) is 0. The summed E-state index contributed by atoms with van der Waals surface area (Å²) < 4.78 is 0. The number of hydrogen-bond acceptors (Lipinski definition) is 3. The van der Waals surface area contributed by atoms with Crippen molar-refractivity contribution >= 4 is 35.1 Å². The molecule has 0 aliphatic rings. The van der Waals surface area contributed by atoms with Gasteiger partial charge in [0.25, 0.3) is 0 Å². The summed E-state index contributed by atoms with van der Waals surface area (Å²) >= 11 is 12.1. The van der Waals surface area contributed by atoms with Crippen LogP contribution >= 0.6 is 23.2 Å². The van der Waals surface area contributed by atoms with Crippen LogP contribution in [-0.2, 0) is 0 Å². The predicted octanol–water partition coefficient (Wildman–Crippen LogP) is 5.50. The highest BCUT2D eigenvalue weighted by atomic mass is 35.5. The second-order valence-corrected chi connectivity index (χ2v) is 5.62. The van der Waals surface area contributed by atoms with E-state index in [-0.39, 0.29) is 0 Å². The Kier molecular flexibility index (Phi) is 4.91. The Morgan fingerprint density at radius 1 is 0.870 bits per heavy atom. The molecule has 1 N–H and O–H groups in total. The molecule has 0 radical (unpaired) electrons. The Bertz CT molecular complexity index is 812. The summed E-state index contributed by atoms with van der Waals surface area (Å²) in [4.78, 5) is 3.91. The van der Waals surface area contributed by atoms with Gasteiger partial charge >= 0.3 is 0 Å². The van der Waals surface area contributed by atoms with Crippen LogP contribution in [-0.4, -0.2) is 11.2 Å². The first kappa shape index (κ1) is 15.5. The van der Waals surface area contributed by atoms with Crippen LogP contribution in [0.15, 0.2) is 72.1 Å². The van der Waals surface area contributed by atoms with Crippen LogP contribution in [0, 0.1) is 0 Å². The van der Waals surface area contributed by atoms with Crippen LogP contribution < -0.4 is 5.43 Å². The molecule has 0 saturated heterocycles. The molecule has 0 fully saturated rings. The Morgan fingerprint density at radius 2 is 1.52 bits per heavy atom. The molecule has 1 aromatic heterocycles. The zero-order valence-corrected chi connectivity index (χ0v) is 13.6. The lowest BCUT2D eigenvalue weighted by atomic mass is 10.0. The van der Waals surface area contributed by atoms with E-state index in [9.17, 15) is 0 Å². The molecule has 0 unspecified atom stereocenters. The first-order chi connectivity index (χ1) is 11.3. The predicted molar refractivity (Wildman–Crippen MR) is 97.4 cm³/mol. The monoisotopic (exact) mass is 341 g/mol. The van der Waals surface area contributed by atoms with E-state index >= 15 is 0 Å². The number of hydrazone groups is 1. The third-order valence-electron chi connectivity index (χ3n) is 3.28. The molecule has 23 heavy (non-hydrogen) atoms. The lowest BCUT2D eigenvalue weighted by Crippen LogP contribution is -1.94. The van der Waals surface area contributed by atoms with E-state index in [4.69, 9.17) is 23.2 Å². The SMILES string of the molecule is Clc1cncc(Cl)c1N/N=C/c1ccccc1-c1ccccc1. The van der Waals surface area contributed by atoms with Gasteiger partial charge in [0.05, 0.1) is 21.9 Å². The van der Waals surface area contributed by atoms with Gasteiger partial charge in [-0.3, -0.25) is 10.4 Å². The van der Waals surface area contributed by atoms with Crippen molar-refractivity contribution in [1.82, 2.24) is 4.98 Å². The van der Waals surface area contributed by atoms with Crippen LogP contribution in [0.25, 0.3) is 11.1 Å². The van der Waals surface area contributed by atoms with Crippen molar-refractivity contribution in [3.8, 4) is 11.1 Å². The van der Waals surface area contributed by atoms with Crippen molar-refractivity contribution in [1.29, 1.82) is 0 Å². The molecule has 3 rings (SSSR count). The summed E-state index contributed by atoms with van der Waals surface area (Å²) in [6, 6.07) is 18.2. The third-order valence-corrected chi connectivity index (χ3v) is 3.85. The van der Waals surface area contributed by atoms with Gasteiger partial charge in [-0.2, -0.15) is 5.10 Å². The number of anilines is 1. The second kappa shape index (κ2) is 7.27. The largest absolute Gasteiger partial charge is 0.275 e. The summed E-state index contributed by atoms with van der Waals surface area (Å²) in [5, 5.41) is 5.09. The molecular weight excluding hydrogens is 329 g/mol. The summed E-state index contributed by atoms with van der Waals surface area (Å²) in [6.45, 7) is 0. The van der Waals surface area contributed by atoms with Gasteiger partial charge in [0, 0.05) is 18.0 Å². The van der Waals surface area contributed by atoms with E-state index in [1.165, 1.54) is 12.4 Å². The van der Waals surface area contributed by atoms with E-state index in [1.54, 1.807) is 6.21 Å². The fourth-order valence-electron chi connectivity index (χ4n) is 2.17. The maximum atomic E-state index is 6.06. The maximum absolute atomic E-state index is 6.06. The molecule has 114 valence electrons. The minimum Gasteiger partial charge on any atom is -0.275 e. The average Bonchev–Trinajstić information content (AvgIpc) is 2.59. The minimum atomic E-state index is 0.422. The minimum absolute atomic E-state index is 0.422. The Balaban J connectivity index is 1.87. The fourth-order valence-corrected chi connectivity index (χ4v) is 2.62. The molecule has 0 atom stereocenters. The molecule has 0 aliphatic carbocycles. The highest BCUT2D eigenvalue weighted by Crippen LogP contribution is 2.28. The van der Waals surface area contributed by atoms with Gasteiger partial charge in [0.1, 0.15) is 0 Å². The van der Waals surface area contributed by atoms with Gasteiger partial charge in [-0.25, -0.2) is 0 Å². The van der Waals surface area contributed by atoms with Crippen molar-refractivity contribution in [2.75, 3.05) is 5.43 Å². The standard InChI is InChI=1S/C18H13Cl2N3/c19-16-11-21-12-17(20)18(16)23-22-10-14-8-4-5-9-15(14)13-6-2-1-3-7-13/h1-12H,(H,21,23)/b22-10+. The average molecular weight is 342 g/mol. The summed E-state index contributed by atoms with van der Waals surface area (Å²) in [5.41, 5.74) is 6.64. The van der Waals surface area contributed by atoms with Crippen molar-refractivity contribution in [2.45, 2.75) is 0 Å². The molecule has 3 nitrogen and oxygen atoms in total. The first-order valence-electron chi connectivity index (χ1n) is 6.98. The van der Waals surface area contributed by atoms with Crippen LogP contribution in [0.3, 0.4) is 0 Å². The van der Waals surface area contributed by atoms with Crippen molar-refractivity contribution in [2.24, 2.45) is 5.10 Å². The van der Waals surface area contributed by atoms with Gasteiger partial charge in [-0.05, 0) is 11.1 Å². The molecule has 3 aromatic rings. The van der Waals surface area contributed by atoms with Crippen LogP contribution in [0.1, 0.15) is 5.56 Å². The molecule has 0 spiro atoms. The Labute approximate surface area is 144 Å². The normalized spacial score (nSPS) is 10.9. The first-order valence-corrected chi connectivity index (χ1v) is 7.74. The Morgan fingerprint density at radius 3 is 2.26 bits per heavy atom. The molecule has 0 saturated carbocycles. The van der Waals surface area contributed by atoms with Crippen LogP contribution in [0.2, 0.25) is 10.0 Å². The van der Waals surface area contributed by atoms with E-state index < -0.39 is 0 Å². The number of hydrogen-bond donors (Lipinski definition) is 1. The number of halogens is 2. The Hall–Kier alpha value is -2.36. The van der Waals surface area contributed by atoms with E-state index in [2.05, 4.69) is 33.7 Å². The van der Waals surface area contributed by atoms with Gasteiger partial charge in [-0.1, -0.05) is 77.8 Å². The van der Waals surface area contributed by atoms with Crippen molar-refractivity contribution in [3.63, 3.8) is 0 Å². The van der Waals surface area contributed by atoms with Gasteiger partial charge in [-0.15, -0.1) is 0 Å². The van der Waals surface area contributed by atoms with Gasteiger partial charge in [0.15, 0.2) is 0 Å². The van der Waals surface area contributed by atoms with Gasteiger partial charge in [0.2, 0.25) is 0 Å². The van der Waals surface area contributed by atoms with Gasteiger partial charge < -0.3 is 0 Å². The lowest BCUT2D eigenvalue weighted by molar-refractivity contribution is 1.28. The quantitative estimate of drug-likeness (QED) is 0.502. The van der Waals surface area contributed by atoms with Crippen molar-refractivity contribution in [3.05, 3.63) is 82.6 Å². The summed E-state index contributed by atoms with van der Waals surface area (Å²) in [5.74, 6) is 0. The topological polar surface area (TPSA) is 37.3 Å². The van der Waals surface area contributed by atoms with Crippen molar-refractivity contribution < 1.29 is 0 Å². The number of rotatable bonds is 4. The third kappa shape index (κ3) is 3.70. The smallest absolute Gasteiger partial charge is 0.0965 e. The molecule has 0 aliphatic heterocycles. The van der Waals surface area contributed by atoms with Crippen LogP contribution in [0.4, 0.5) is 5.69 Å². The lowest BCUT2D eigenvalue weighted by Gasteiger charge is -2.07. The zero-order chi connectivity index (χ0) is 16.1. The number of pyridine rings is 1.